The fourth-order valence-electron chi connectivity index (χ4n) is 1.85. The van der Waals surface area contributed by atoms with Crippen molar-refractivity contribution < 1.29 is 18.7 Å². The van der Waals surface area contributed by atoms with Crippen LogP contribution in [0.15, 0.2) is 54.6 Å². The first kappa shape index (κ1) is 15.4. The summed E-state index contributed by atoms with van der Waals surface area (Å²) in [5.41, 5.74) is 6.34. The van der Waals surface area contributed by atoms with Gasteiger partial charge in [-0.3, -0.25) is 4.79 Å². The Morgan fingerprint density at radius 3 is 2.50 bits per heavy atom. The van der Waals surface area contributed by atoms with Gasteiger partial charge in [0.1, 0.15) is 12.4 Å². The summed E-state index contributed by atoms with van der Waals surface area (Å²) in [6.07, 6.45) is 2.46. The average molecular weight is 299 g/mol. The highest BCUT2D eigenvalue weighted by Crippen LogP contribution is 2.11. The molecule has 5 heteroatoms. The first-order valence-electron chi connectivity index (χ1n) is 6.55. The lowest BCUT2D eigenvalue weighted by molar-refractivity contribution is -0.138. The maximum atomic E-state index is 13.4. The Morgan fingerprint density at radius 2 is 1.77 bits per heavy atom. The maximum Gasteiger partial charge on any atom is 0.331 e. The number of esters is 1. The van der Waals surface area contributed by atoms with Crippen molar-refractivity contribution in [1.29, 1.82) is 0 Å². The molecule has 0 unspecified atom stereocenters. The van der Waals surface area contributed by atoms with Crippen LogP contribution in [-0.4, -0.2) is 11.9 Å². The van der Waals surface area contributed by atoms with Gasteiger partial charge in [-0.25, -0.2) is 9.18 Å². The van der Waals surface area contributed by atoms with Gasteiger partial charge in [0, 0.05) is 22.8 Å². The number of hydrogen-bond acceptors (Lipinski definition) is 3. The molecule has 0 atom stereocenters. The lowest BCUT2D eigenvalue weighted by atomic mass is 10.1. The van der Waals surface area contributed by atoms with Crippen LogP contribution in [0.4, 0.5) is 4.39 Å². The van der Waals surface area contributed by atoms with Crippen LogP contribution < -0.4 is 5.73 Å². The Morgan fingerprint density at radius 1 is 1.09 bits per heavy atom. The molecule has 0 spiro atoms. The molecule has 0 saturated carbocycles. The Hall–Kier alpha value is -2.95. The fourth-order valence-corrected chi connectivity index (χ4v) is 1.85. The minimum Gasteiger partial charge on any atom is -0.458 e. The normalized spacial score (nSPS) is 10.6. The zero-order valence-corrected chi connectivity index (χ0v) is 11.7. The van der Waals surface area contributed by atoms with E-state index in [0.717, 1.165) is 6.08 Å². The van der Waals surface area contributed by atoms with Gasteiger partial charge in [0.15, 0.2) is 0 Å². The van der Waals surface area contributed by atoms with Crippen LogP contribution in [0.2, 0.25) is 0 Å². The van der Waals surface area contributed by atoms with E-state index >= 15 is 0 Å². The monoisotopic (exact) mass is 299 g/mol. The van der Waals surface area contributed by atoms with E-state index in [1.807, 2.05) is 0 Å². The number of benzene rings is 2. The van der Waals surface area contributed by atoms with Crippen molar-refractivity contribution in [2.45, 2.75) is 6.61 Å². The summed E-state index contributed by atoms with van der Waals surface area (Å²) in [6, 6.07) is 12.7. The van der Waals surface area contributed by atoms with Crippen molar-refractivity contribution >= 4 is 18.0 Å². The molecule has 2 rings (SSSR count). The molecule has 0 bridgehead atoms. The Kier molecular flexibility index (Phi) is 5.03. The average Bonchev–Trinajstić information content (AvgIpc) is 2.52. The van der Waals surface area contributed by atoms with Crippen LogP contribution in [-0.2, 0) is 16.1 Å². The molecular formula is C17H14FNO3. The van der Waals surface area contributed by atoms with E-state index in [9.17, 15) is 14.0 Å². The van der Waals surface area contributed by atoms with Crippen LogP contribution in [0.1, 0.15) is 21.5 Å². The number of carbonyl (C=O) groups is 2. The number of rotatable bonds is 5. The second kappa shape index (κ2) is 7.17. The third-order valence-electron chi connectivity index (χ3n) is 2.96. The SMILES string of the molecule is NC(=O)c1ccccc1COC(=O)C=Cc1ccccc1F. The highest BCUT2D eigenvalue weighted by Gasteiger charge is 2.08. The minimum atomic E-state index is -0.637. The van der Waals surface area contributed by atoms with Gasteiger partial charge < -0.3 is 10.5 Å². The molecular weight excluding hydrogens is 285 g/mol. The fraction of sp³-hybridized carbons (Fsp3) is 0.0588. The standard InChI is InChI=1S/C17H14FNO3/c18-15-8-4-2-5-12(15)9-10-16(20)22-11-13-6-1-3-7-14(13)17(19)21/h1-10H,11H2,(H2,19,21). The van der Waals surface area contributed by atoms with Crippen LogP contribution in [0.25, 0.3) is 6.08 Å². The Bertz CT molecular complexity index is 725. The van der Waals surface area contributed by atoms with Crippen molar-refractivity contribution in [3.05, 3.63) is 77.1 Å². The molecule has 22 heavy (non-hydrogen) atoms. The number of halogens is 1. The minimum absolute atomic E-state index is 0.0838. The quantitative estimate of drug-likeness (QED) is 0.681. The third kappa shape index (κ3) is 4.02. The van der Waals surface area contributed by atoms with Gasteiger partial charge in [-0.2, -0.15) is 0 Å². The molecule has 0 fully saturated rings. The summed E-state index contributed by atoms with van der Waals surface area (Å²) in [4.78, 5) is 22.9. The Labute approximate surface area is 127 Å². The molecule has 1 amide bonds. The number of nitrogens with two attached hydrogens (primary N) is 1. The van der Waals surface area contributed by atoms with Gasteiger partial charge in [0.05, 0.1) is 0 Å². The van der Waals surface area contributed by atoms with E-state index in [1.54, 1.807) is 42.5 Å². The third-order valence-corrected chi connectivity index (χ3v) is 2.96. The van der Waals surface area contributed by atoms with Crippen molar-refractivity contribution in [3.8, 4) is 0 Å². The van der Waals surface area contributed by atoms with Crippen LogP contribution in [0, 0.1) is 5.82 Å². The number of amides is 1. The lowest BCUT2D eigenvalue weighted by Gasteiger charge is -2.06. The van der Waals surface area contributed by atoms with E-state index in [1.165, 1.54) is 12.1 Å². The van der Waals surface area contributed by atoms with E-state index in [0.29, 0.717) is 11.1 Å². The molecule has 2 aromatic rings. The van der Waals surface area contributed by atoms with Crippen LogP contribution >= 0.6 is 0 Å². The van der Waals surface area contributed by atoms with E-state index in [-0.39, 0.29) is 12.2 Å². The van der Waals surface area contributed by atoms with E-state index < -0.39 is 17.7 Å². The van der Waals surface area contributed by atoms with Gasteiger partial charge in [-0.1, -0.05) is 36.4 Å². The summed E-state index contributed by atoms with van der Waals surface area (Å²) < 4.78 is 18.4. The molecule has 4 nitrogen and oxygen atoms in total. The first-order valence-corrected chi connectivity index (χ1v) is 6.55. The summed E-state index contributed by atoms with van der Waals surface area (Å²) in [5.74, 6) is -1.65. The highest BCUT2D eigenvalue weighted by atomic mass is 19.1. The number of primary amides is 1. The molecule has 2 N–H and O–H groups in total. The van der Waals surface area contributed by atoms with Crippen molar-refractivity contribution in [2.24, 2.45) is 5.73 Å². The van der Waals surface area contributed by atoms with Gasteiger partial charge in [-0.15, -0.1) is 0 Å². The summed E-state index contributed by atoms with van der Waals surface area (Å²) >= 11 is 0. The molecule has 0 aliphatic carbocycles. The van der Waals surface area contributed by atoms with Gasteiger partial charge in [0.25, 0.3) is 0 Å². The van der Waals surface area contributed by atoms with E-state index in [2.05, 4.69) is 0 Å². The maximum absolute atomic E-state index is 13.4. The second-order valence-corrected chi connectivity index (χ2v) is 4.48. The lowest BCUT2D eigenvalue weighted by Crippen LogP contribution is -2.14. The van der Waals surface area contributed by atoms with Crippen molar-refractivity contribution in [1.82, 2.24) is 0 Å². The smallest absolute Gasteiger partial charge is 0.331 e. The van der Waals surface area contributed by atoms with Crippen LogP contribution in [0.5, 0.6) is 0 Å². The van der Waals surface area contributed by atoms with Gasteiger partial charge >= 0.3 is 5.97 Å². The number of hydrogen-bond donors (Lipinski definition) is 1. The number of carbonyl (C=O) groups excluding carboxylic acids is 2. The molecule has 0 heterocycles. The molecule has 0 aliphatic rings. The van der Waals surface area contributed by atoms with Gasteiger partial charge in [-0.05, 0) is 18.2 Å². The Balaban J connectivity index is 1.99. The highest BCUT2D eigenvalue weighted by molar-refractivity contribution is 5.94. The predicted octanol–water partition coefficient (Wildman–Crippen LogP) is 2.68. The topological polar surface area (TPSA) is 69.4 Å². The zero-order valence-electron chi connectivity index (χ0n) is 11.7. The zero-order chi connectivity index (χ0) is 15.9. The first-order chi connectivity index (χ1) is 10.6. The summed E-state index contributed by atoms with van der Waals surface area (Å²) in [6.45, 7) is -0.0838. The largest absolute Gasteiger partial charge is 0.458 e. The summed E-state index contributed by atoms with van der Waals surface area (Å²) in [5, 5.41) is 0. The van der Waals surface area contributed by atoms with Crippen LogP contribution in [0.3, 0.4) is 0 Å². The van der Waals surface area contributed by atoms with Crippen molar-refractivity contribution in [2.75, 3.05) is 0 Å². The second-order valence-electron chi connectivity index (χ2n) is 4.48. The van der Waals surface area contributed by atoms with Gasteiger partial charge in [0.2, 0.25) is 5.91 Å². The van der Waals surface area contributed by atoms with E-state index in [4.69, 9.17) is 10.5 Å². The molecule has 0 aliphatic heterocycles. The molecule has 2 aromatic carbocycles. The molecule has 0 aromatic heterocycles. The molecule has 0 saturated heterocycles. The summed E-state index contributed by atoms with van der Waals surface area (Å²) in [7, 11) is 0. The number of ether oxygens (including phenoxy) is 1. The predicted molar refractivity (Wildman–Crippen MR) is 80.2 cm³/mol. The molecule has 0 radical (unpaired) electrons. The van der Waals surface area contributed by atoms with Crippen molar-refractivity contribution in [3.63, 3.8) is 0 Å². The molecule has 112 valence electrons.